The van der Waals surface area contributed by atoms with Crippen molar-refractivity contribution >= 4 is 5.69 Å². The zero-order valence-corrected chi connectivity index (χ0v) is 10.6. The number of benzene rings is 1. The number of H-pyrrole nitrogens is 2. The topological polar surface area (TPSA) is 97.4 Å². The first kappa shape index (κ1) is 14.6. The van der Waals surface area contributed by atoms with Gasteiger partial charge in [0.15, 0.2) is 0 Å². The lowest BCUT2D eigenvalue weighted by Crippen LogP contribution is -2.10. The fourth-order valence-electron chi connectivity index (χ4n) is 1.71. The predicted molar refractivity (Wildman–Crippen MR) is 67.6 cm³/mol. The Balaban J connectivity index is 2.06. The summed E-state index contributed by atoms with van der Waals surface area (Å²) in [5, 5.41) is 17.6. The first-order chi connectivity index (χ1) is 9.90. The maximum Gasteiger partial charge on any atom is 0.416 e. The van der Waals surface area contributed by atoms with Gasteiger partial charge < -0.3 is 5.32 Å². The maximum atomic E-state index is 12.5. The molecule has 0 aliphatic rings. The Labute approximate surface area is 116 Å². The van der Waals surface area contributed by atoms with Crippen LogP contribution in [-0.2, 0) is 12.6 Å². The molecule has 0 aliphatic heterocycles. The van der Waals surface area contributed by atoms with E-state index in [1.54, 1.807) is 6.07 Å². The quantitative estimate of drug-likeness (QED) is 0.799. The monoisotopic (exact) mass is 297 g/mol. The van der Waals surface area contributed by atoms with E-state index in [-0.39, 0.29) is 5.56 Å². The predicted octanol–water partition coefficient (Wildman–Crippen LogP) is 1.64. The number of hydrogen-bond donors (Lipinski definition) is 3. The van der Waals surface area contributed by atoms with Gasteiger partial charge in [0.1, 0.15) is 11.9 Å². The van der Waals surface area contributed by atoms with Crippen molar-refractivity contribution in [2.24, 2.45) is 0 Å². The molecule has 0 aliphatic carbocycles. The molecule has 0 fully saturated rings. The summed E-state index contributed by atoms with van der Waals surface area (Å²) in [5.41, 5.74) is -1.11. The number of aromatic nitrogens is 3. The largest absolute Gasteiger partial charge is 0.416 e. The molecular weight excluding hydrogens is 287 g/mol. The fourth-order valence-corrected chi connectivity index (χ4v) is 1.71. The highest BCUT2D eigenvalue weighted by molar-refractivity contribution is 5.59. The van der Waals surface area contributed by atoms with Gasteiger partial charge in [-0.1, -0.05) is 0 Å². The second-order valence-electron chi connectivity index (χ2n) is 4.17. The maximum absolute atomic E-state index is 12.5. The molecule has 3 N–H and O–H groups in total. The number of anilines is 1. The fraction of sp³-hybridized carbons (Fsp3) is 0.250. The van der Waals surface area contributed by atoms with E-state index in [0.29, 0.717) is 24.5 Å². The molecule has 0 bridgehead atoms. The van der Waals surface area contributed by atoms with Gasteiger partial charge in [-0.3, -0.25) is 4.98 Å². The van der Waals surface area contributed by atoms with Gasteiger partial charge >= 0.3 is 11.9 Å². The summed E-state index contributed by atoms with van der Waals surface area (Å²) >= 11 is 0. The van der Waals surface area contributed by atoms with E-state index >= 15 is 0 Å². The van der Waals surface area contributed by atoms with Crippen molar-refractivity contribution in [3.05, 3.63) is 45.6 Å². The molecule has 6 nitrogen and oxygen atoms in total. The zero-order chi connectivity index (χ0) is 15.5. The van der Waals surface area contributed by atoms with Gasteiger partial charge in [0.2, 0.25) is 0 Å². The van der Waals surface area contributed by atoms with E-state index in [2.05, 4.69) is 20.5 Å². The third-order valence-corrected chi connectivity index (χ3v) is 2.69. The van der Waals surface area contributed by atoms with Crippen molar-refractivity contribution in [2.45, 2.75) is 12.6 Å². The molecule has 1 heterocycles. The van der Waals surface area contributed by atoms with Crippen molar-refractivity contribution in [3.8, 4) is 6.07 Å². The molecule has 1 aromatic carbocycles. The first-order valence-electron chi connectivity index (χ1n) is 5.89. The third-order valence-electron chi connectivity index (χ3n) is 2.69. The average Bonchev–Trinajstić information content (AvgIpc) is 2.83. The highest BCUT2D eigenvalue weighted by Gasteiger charge is 2.31. The van der Waals surface area contributed by atoms with Crippen LogP contribution in [0.1, 0.15) is 17.0 Å². The van der Waals surface area contributed by atoms with Gasteiger partial charge in [-0.05, 0) is 18.2 Å². The first-order valence-corrected chi connectivity index (χ1v) is 5.89. The van der Waals surface area contributed by atoms with E-state index in [4.69, 9.17) is 5.26 Å². The van der Waals surface area contributed by atoms with Gasteiger partial charge in [-0.15, -0.1) is 0 Å². The number of alkyl halides is 3. The van der Waals surface area contributed by atoms with Gasteiger partial charge in [0, 0.05) is 13.0 Å². The molecule has 0 atom stereocenters. The van der Waals surface area contributed by atoms with E-state index < -0.39 is 17.4 Å². The third kappa shape index (κ3) is 3.62. The molecular formula is C12H10F3N5O. The summed E-state index contributed by atoms with van der Waals surface area (Å²) in [6.07, 6.45) is -4.14. The van der Waals surface area contributed by atoms with Crippen molar-refractivity contribution < 1.29 is 13.2 Å². The minimum absolute atomic E-state index is 0.0969. The molecule has 110 valence electrons. The normalized spacial score (nSPS) is 11.1. The van der Waals surface area contributed by atoms with Crippen molar-refractivity contribution in [3.63, 3.8) is 0 Å². The summed E-state index contributed by atoms with van der Waals surface area (Å²) in [6, 6.07) is 4.61. The van der Waals surface area contributed by atoms with Crippen LogP contribution in [0.3, 0.4) is 0 Å². The molecule has 0 unspecified atom stereocenters. The standard InChI is InChI=1S/C12H10F3N5O/c13-12(14,15)8-1-2-9(7(5-8)6-16)17-4-3-10-18-11(21)20-19-10/h1-2,5,17H,3-4H2,(H2,18,19,20,21). The van der Waals surface area contributed by atoms with Crippen LogP contribution >= 0.6 is 0 Å². The Bertz CT molecular complexity index is 725. The molecule has 0 saturated heterocycles. The van der Waals surface area contributed by atoms with E-state index in [1.807, 2.05) is 0 Å². The molecule has 0 spiro atoms. The van der Waals surface area contributed by atoms with Crippen LogP contribution in [0.5, 0.6) is 0 Å². The Hall–Kier alpha value is -2.76. The highest BCUT2D eigenvalue weighted by atomic mass is 19.4. The van der Waals surface area contributed by atoms with Crippen LogP contribution in [0, 0.1) is 11.3 Å². The molecule has 2 rings (SSSR count). The molecule has 0 radical (unpaired) electrons. The lowest BCUT2D eigenvalue weighted by atomic mass is 10.1. The number of halogens is 3. The Morgan fingerprint density at radius 2 is 2.14 bits per heavy atom. The Kier molecular flexibility index (Phi) is 3.98. The van der Waals surface area contributed by atoms with Gasteiger partial charge in [-0.2, -0.15) is 23.5 Å². The van der Waals surface area contributed by atoms with Crippen LogP contribution in [0.25, 0.3) is 0 Å². The second kappa shape index (κ2) is 5.70. The number of nitrogens with one attached hydrogen (secondary N) is 3. The number of rotatable bonds is 4. The minimum atomic E-state index is -4.49. The van der Waals surface area contributed by atoms with Crippen LogP contribution < -0.4 is 11.0 Å². The van der Waals surface area contributed by atoms with Crippen molar-refractivity contribution in [2.75, 3.05) is 11.9 Å². The lowest BCUT2D eigenvalue weighted by molar-refractivity contribution is -0.137. The van der Waals surface area contributed by atoms with Crippen molar-refractivity contribution in [1.82, 2.24) is 15.2 Å². The van der Waals surface area contributed by atoms with Crippen LogP contribution in [0.4, 0.5) is 18.9 Å². The smallest absolute Gasteiger partial charge is 0.384 e. The highest BCUT2D eigenvalue weighted by Crippen LogP contribution is 2.31. The number of nitrogens with zero attached hydrogens (tertiary/aromatic N) is 2. The molecule has 21 heavy (non-hydrogen) atoms. The van der Waals surface area contributed by atoms with Crippen LogP contribution in [-0.4, -0.2) is 21.7 Å². The van der Waals surface area contributed by atoms with Gasteiger partial charge in [0.25, 0.3) is 0 Å². The number of nitriles is 1. The molecule has 2 aromatic rings. The summed E-state index contributed by atoms with van der Waals surface area (Å²) in [4.78, 5) is 13.3. The lowest BCUT2D eigenvalue weighted by Gasteiger charge is -2.11. The van der Waals surface area contributed by atoms with Crippen LogP contribution in [0.2, 0.25) is 0 Å². The minimum Gasteiger partial charge on any atom is -0.384 e. The number of hydrogen-bond acceptors (Lipinski definition) is 4. The average molecular weight is 297 g/mol. The zero-order valence-electron chi connectivity index (χ0n) is 10.6. The second-order valence-corrected chi connectivity index (χ2v) is 4.17. The SMILES string of the molecule is N#Cc1cc(C(F)(F)F)ccc1NCCc1n[nH]c(=O)[nH]1. The summed E-state index contributed by atoms with van der Waals surface area (Å²) in [6.45, 7) is 0.306. The summed E-state index contributed by atoms with van der Waals surface area (Å²) < 4.78 is 37.6. The molecule has 9 heteroatoms. The van der Waals surface area contributed by atoms with Crippen LogP contribution in [0.15, 0.2) is 23.0 Å². The Morgan fingerprint density at radius 1 is 1.38 bits per heavy atom. The summed E-state index contributed by atoms with van der Waals surface area (Å²) in [5.74, 6) is 0.415. The molecule has 0 saturated carbocycles. The van der Waals surface area contributed by atoms with E-state index in [9.17, 15) is 18.0 Å². The van der Waals surface area contributed by atoms with E-state index in [0.717, 1.165) is 12.1 Å². The summed E-state index contributed by atoms with van der Waals surface area (Å²) in [7, 11) is 0. The van der Waals surface area contributed by atoms with E-state index in [1.165, 1.54) is 6.07 Å². The number of aromatic amines is 2. The van der Waals surface area contributed by atoms with Crippen molar-refractivity contribution in [1.29, 1.82) is 5.26 Å². The van der Waals surface area contributed by atoms with Gasteiger partial charge in [-0.25, -0.2) is 9.89 Å². The Morgan fingerprint density at radius 3 is 2.71 bits per heavy atom. The molecule has 1 aromatic heterocycles. The van der Waals surface area contributed by atoms with Gasteiger partial charge in [0.05, 0.1) is 16.8 Å². The molecule has 0 amide bonds.